The molecule has 0 radical (unpaired) electrons. The van der Waals surface area contributed by atoms with Crippen LogP contribution in [0.5, 0.6) is 0 Å². The number of anilines is 1. The number of urea groups is 1. The smallest absolute Gasteiger partial charge is 0.321 e. The van der Waals surface area contributed by atoms with Crippen molar-refractivity contribution in [1.29, 1.82) is 0 Å². The zero-order valence-electron chi connectivity index (χ0n) is 17.8. The first-order chi connectivity index (χ1) is 13.6. The molecule has 1 saturated heterocycles. The first-order valence-corrected chi connectivity index (χ1v) is 10.7. The average Bonchev–Trinajstić information content (AvgIpc) is 3.24. The van der Waals surface area contributed by atoms with Crippen molar-refractivity contribution in [3.05, 3.63) is 29.8 Å². The Morgan fingerprint density at radius 2 is 2.00 bits per heavy atom. The van der Waals surface area contributed by atoms with Crippen LogP contribution in [0.1, 0.15) is 64.4 Å². The minimum absolute atomic E-state index is 0.00279. The molecule has 1 aliphatic rings. The molecule has 0 aromatic heterocycles. The highest BCUT2D eigenvalue weighted by atomic mass is 16.2. The first kappa shape index (κ1) is 22.1. The third kappa shape index (κ3) is 7.79. The Bertz CT molecular complexity index is 625. The summed E-state index contributed by atoms with van der Waals surface area (Å²) in [5.41, 5.74) is 1.95. The number of carbonyl (C=O) groups excluding carboxylic acids is 1. The van der Waals surface area contributed by atoms with Crippen LogP contribution in [0.4, 0.5) is 10.5 Å². The summed E-state index contributed by atoms with van der Waals surface area (Å²) in [6.45, 7) is 6.81. The monoisotopic (exact) mass is 387 g/mol. The predicted octanol–water partition coefficient (Wildman–Crippen LogP) is 4.34. The largest absolute Gasteiger partial charge is 0.354 e. The minimum Gasteiger partial charge on any atom is -0.354 e. The Morgan fingerprint density at radius 3 is 2.71 bits per heavy atom. The summed E-state index contributed by atoms with van der Waals surface area (Å²) in [6, 6.07) is 8.38. The standard InChI is InChI=1S/C22H37N5O/c1-4-5-6-7-11-18(2)25-21(23-3)24-17-19-12-10-13-20(16-19)26-22(28)27-14-8-9-15-27/h10,12-13,16,18H,4-9,11,14-15,17H2,1-3H3,(H,26,28)(H2,23,24,25). The van der Waals surface area contributed by atoms with Gasteiger partial charge in [-0.3, -0.25) is 4.99 Å². The van der Waals surface area contributed by atoms with Gasteiger partial charge in [-0.05, 0) is 43.9 Å². The van der Waals surface area contributed by atoms with Crippen molar-refractivity contribution in [2.45, 2.75) is 71.4 Å². The van der Waals surface area contributed by atoms with E-state index in [1.54, 1.807) is 7.05 Å². The van der Waals surface area contributed by atoms with Gasteiger partial charge in [0.2, 0.25) is 0 Å². The Balaban J connectivity index is 1.78. The lowest BCUT2D eigenvalue weighted by Crippen LogP contribution is -2.41. The third-order valence-corrected chi connectivity index (χ3v) is 5.13. The fraction of sp³-hybridized carbons (Fsp3) is 0.636. The topological polar surface area (TPSA) is 68.8 Å². The minimum atomic E-state index is -0.00279. The second kappa shape index (κ2) is 12.3. The second-order valence-electron chi connectivity index (χ2n) is 7.65. The fourth-order valence-electron chi connectivity index (χ4n) is 3.45. The molecule has 1 heterocycles. The van der Waals surface area contributed by atoms with Gasteiger partial charge in [0, 0.05) is 38.4 Å². The van der Waals surface area contributed by atoms with Gasteiger partial charge in [0.1, 0.15) is 0 Å². The Kier molecular flexibility index (Phi) is 9.66. The number of carbonyl (C=O) groups is 1. The van der Waals surface area contributed by atoms with Crippen molar-refractivity contribution < 1.29 is 4.79 Å². The number of amides is 2. The first-order valence-electron chi connectivity index (χ1n) is 10.7. The molecule has 1 fully saturated rings. The molecule has 28 heavy (non-hydrogen) atoms. The summed E-state index contributed by atoms with van der Waals surface area (Å²) in [5.74, 6) is 0.814. The number of rotatable bonds is 9. The Hall–Kier alpha value is -2.24. The zero-order valence-corrected chi connectivity index (χ0v) is 17.8. The van der Waals surface area contributed by atoms with Crippen molar-refractivity contribution in [2.75, 3.05) is 25.5 Å². The Morgan fingerprint density at radius 1 is 1.21 bits per heavy atom. The van der Waals surface area contributed by atoms with Crippen molar-refractivity contribution >= 4 is 17.7 Å². The van der Waals surface area contributed by atoms with Crippen LogP contribution in [0.3, 0.4) is 0 Å². The molecule has 1 unspecified atom stereocenters. The molecule has 2 rings (SSSR count). The van der Waals surface area contributed by atoms with Crippen LogP contribution in [-0.4, -0.2) is 43.1 Å². The molecule has 6 heteroatoms. The van der Waals surface area contributed by atoms with Crippen LogP contribution in [0.2, 0.25) is 0 Å². The lowest BCUT2D eigenvalue weighted by atomic mass is 10.1. The molecule has 0 saturated carbocycles. The van der Waals surface area contributed by atoms with Crippen molar-refractivity contribution in [3.63, 3.8) is 0 Å². The van der Waals surface area contributed by atoms with Crippen molar-refractivity contribution in [2.24, 2.45) is 4.99 Å². The summed E-state index contributed by atoms with van der Waals surface area (Å²) in [6.07, 6.45) is 8.47. The van der Waals surface area contributed by atoms with E-state index in [1.165, 1.54) is 25.7 Å². The SMILES string of the molecule is CCCCCCC(C)NC(=NC)NCc1cccc(NC(=O)N2CCCC2)c1. The van der Waals surface area contributed by atoms with Gasteiger partial charge in [-0.2, -0.15) is 0 Å². The quantitative estimate of drug-likeness (QED) is 0.335. The number of nitrogens with zero attached hydrogens (tertiary/aromatic N) is 2. The number of aliphatic imine (C=N–C) groups is 1. The molecule has 2 amide bonds. The molecule has 0 aliphatic carbocycles. The van der Waals surface area contributed by atoms with E-state index in [1.807, 2.05) is 23.1 Å². The zero-order chi connectivity index (χ0) is 20.2. The highest BCUT2D eigenvalue weighted by molar-refractivity contribution is 5.89. The van der Waals surface area contributed by atoms with E-state index in [0.717, 1.165) is 49.6 Å². The van der Waals surface area contributed by atoms with Crippen LogP contribution in [0, 0.1) is 0 Å². The van der Waals surface area contributed by atoms with Crippen molar-refractivity contribution in [3.8, 4) is 0 Å². The third-order valence-electron chi connectivity index (χ3n) is 5.13. The molecule has 1 aliphatic heterocycles. The number of hydrogen-bond acceptors (Lipinski definition) is 2. The van der Waals surface area contributed by atoms with E-state index < -0.39 is 0 Å². The number of unbranched alkanes of at least 4 members (excludes halogenated alkanes) is 3. The van der Waals surface area contributed by atoms with Gasteiger partial charge in [-0.15, -0.1) is 0 Å². The van der Waals surface area contributed by atoms with Gasteiger partial charge in [-0.25, -0.2) is 4.79 Å². The normalized spacial score (nSPS) is 15.4. The summed E-state index contributed by atoms with van der Waals surface area (Å²) in [7, 11) is 1.80. The summed E-state index contributed by atoms with van der Waals surface area (Å²) in [5, 5.41) is 9.83. The number of likely N-dealkylation sites (tertiary alicyclic amines) is 1. The van der Waals surface area contributed by atoms with Gasteiger partial charge in [0.15, 0.2) is 5.96 Å². The van der Waals surface area contributed by atoms with E-state index in [2.05, 4.69) is 40.9 Å². The number of hydrogen-bond donors (Lipinski definition) is 3. The number of benzene rings is 1. The van der Waals surface area contributed by atoms with Gasteiger partial charge < -0.3 is 20.9 Å². The summed E-state index contributed by atoms with van der Waals surface area (Å²) < 4.78 is 0. The van der Waals surface area contributed by atoms with Gasteiger partial charge in [-0.1, -0.05) is 44.7 Å². The fourth-order valence-corrected chi connectivity index (χ4v) is 3.45. The molecule has 156 valence electrons. The highest BCUT2D eigenvalue weighted by Crippen LogP contribution is 2.14. The van der Waals surface area contributed by atoms with Crippen LogP contribution in [0.15, 0.2) is 29.3 Å². The molecule has 3 N–H and O–H groups in total. The van der Waals surface area contributed by atoms with Gasteiger partial charge in [0.25, 0.3) is 0 Å². The number of guanidine groups is 1. The second-order valence-corrected chi connectivity index (χ2v) is 7.65. The molecule has 0 spiro atoms. The van der Waals surface area contributed by atoms with Crippen LogP contribution in [0.25, 0.3) is 0 Å². The molecule has 0 bridgehead atoms. The molecule has 1 aromatic carbocycles. The summed E-state index contributed by atoms with van der Waals surface area (Å²) >= 11 is 0. The maximum atomic E-state index is 12.3. The van der Waals surface area contributed by atoms with E-state index in [4.69, 9.17) is 0 Å². The van der Waals surface area contributed by atoms with Crippen LogP contribution < -0.4 is 16.0 Å². The molecule has 1 atom stereocenters. The maximum absolute atomic E-state index is 12.3. The average molecular weight is 388 g/mol. The molecular formula is C22H37N5O. The summed E-state index contributed by atoms with van der Waals surface area (Å²) in [4.78, 5) is 18.5. The molecule has 6 nitrogen and oxygen atoms in total. The number of nitrogens with one attached hydrogen (secondary N) is 3. The molecule has 1 aromatic rings. The van der Waals surface area contributed by atoms with E-state index in [9.17, 15) is 4.79 Å². The maximum Gasteiger partial charge on any atom is 0.321 e. The van der Waals surface area contributed by atoms with Gasteiger partial charge in [0.05, 0.1) is 0 Å². The van der Waals surface area contributed by atoms with E-state index in [0.29, 0.717) is 12.6 Å². The van der Waals surface area contributed by atoms with Crippen molar-refractivity contribution in [1.82, 2.24) is 15.5 Å². The van der Waals surface area contributed by atoms with Crippen LogP contribution in [-0.2, 0) is 6.54 Å². The van der Waals surface area contributed by atoms with E-state index >= 15 is 0 Å². The van der Waals surface area contributed by atoms with Gasteiger partial charge >= 0.3 is 6.03 Å². The molecular weight excluding hydrogens is 350 g/mol. The highest BCUT2D eigenvalue weighted by Gasteiger charge is 2.17. The van der Waals surface area contributed by atoms with E-state index in [-0.39, 0.29) is 6.03 Å². The lowest BCUT2D eigenvalue weighted by Gasteiger charge is -2.18. The predicted molar refractivity (Wildman–Crippen MR) is 118 cm³/mol. The van der Waals surface area contributed by atoms with Crippen LogP contribution >= 0.6 is 0 Å². The Labute approximate surface area is 170 Å². The lowest BCUT2D eigenvalue weighted by molar-refractivity contribution is 0.222.